The van der Waals surface area contributed by atoms with Crippen LogP contribution in [0.25, 0.3) is 0 Å². The summed E-state index contributed by atoms with van der Waals surface area (Å²) in [5, 5.41) is 11.4. The van der Waals surface area contributed by atoms with Crippen molar-refractivity contribution in [2.24, 2.45) is 10.9 Å². The normalized spacial score (nSPS) is 17.5. The van der Waals surface area contributed by atoms with Crippen molar-refractivity contribution in [3.8, 4) is 0 Å². The molecule has 212 valence electrons. The first-order chi connectivity index (χ1) is 18.9. The van der Waals surface area contributed by atoms with Gasteiger partial charge in [0.2, 0.25) is 5.78 Å². The van der Waals surface area contributed by atoms with E-state index in [0.717, 1.165) is 0 Å². The summed E-state index contributed by atoms with van der Waals surface area (Å²) in [6.07, 6.45) is 0.277. The molecule has 2 atom stereocenters. The van der Waals surface area contributed by atoms with Crippen LogP contribution in [-0.4, -0.2) is 63.2 Å². The Bertz CT molecular complexity index is 1400. The lowest BCUT2D eigenvalue weighted by atomic mass is 9.75. The number of aliphatic imine (C=N–C) groups is 1. The average molecular weight is 573 g/mol. The molecule has 2 aromatic rings. The van der Waals surface area contributed by atoms with Crippen molar-refractivity contribution in [3.63, 3.8) is 0 Å². The summed E-state index contributed by atoms with van der Waals surface area (Å²) >= 11 is 0. The summed E-state index contributed by atoms with van der Waals surface area (Å²) in [5.74, 6) is -4.98. The van der Waals surface area contributed by atoms with Crippen molar-refractivity contribution >= 4 is 46.0 Å². The van der Waals surface area contributed by atoms with Crippen LogP contribution in [0.5, 0.6) is 0 Å². The number of aldehydes is 1. The molecule has 0 radical (unpaired) electrons. The molecular formula is C27H28N2O10S. The van der Waals surface area contributed by atoms with Crippen LogP contribution >= 0.6 is 10.6 Å². The van der Waals surface area contributed by atoms with Crippen LogP contribution in [0.15, 0.2) is 69.7 Å². The topological polar surface area (TPSA) is 183 Å². The number of hydrogen-bond donors (Lipinski definition) is 2. The molecule has 0 bridgehead atoms. The standard InChI is InChI=1S/C27H28N2O10S/c1-16-23(26(32)38-3)25(19-5-4-6-20(13-19)29(34)35)24(17(2)28-16)27(33)39-12-11-18-7-9-22(10-8-18)40(36,37)15-21(31)14-30/h4-10,13-14,23,25,36-37H,11-12,15H2,1-3H3. The second kappa shape index (κ2) is 12.8. The lowest BCUT2D eigenvalue weighted by Gasteiger charge is -2.31. The summed E-state index contributed by atoms with van der Waals surface area (Å²) in [7, 11) is -2.27. The molecule has 0 aromatic heterocycles. The van der Waals surface area contributed by atoms with Gasteiger partial charge in [-0.3, -0.25) is 38.6 Å². The molecule has 0 aliphatic carbocycles. The van der Waals surface area contributed by atoms with Crippen molar-refractivity contribution in [2.45, 2.75) is 31.1 Å². The zero-order valence-electron chi connectivity index (χ0n) is 21.9. The highest BCUT2D eigenvalue weighted by Crippen LogP contribution is 2.47. The van der Waals surface area contributed by atoms with Crippen molar-refractivity contribution in [1.29, 1.82) is 0 Å². The third-order valence-electron chi connectivity index (χ3n) is 6.34. The smallest absolute Gasteiger partial charge is 0.336 e. The number of esters is 2. The number of non-ortho nitro benzene ring substituents is 1. The minimum atomic E-state index is -3.47. The Hall–Kier alpha value is -4.20. The quantitative estimate of drug-likeness (QED) is 0.132. The third kappa shape index (κ3) is 6.86. The predicted octanol–water partition coefficient (Wildman–Crippen LogP) is 3.88. The monoisotopic (exact) mass is 572 g/mol. The van der Waals surface area contributed by atoms with Gasteiger partial charge in [-0.25, -0.2) is 4.79 Å². The zero-order valence-corrected chi connectivity index (χ0v) is 22.8. The van der Waals surface area contributed by atoms with Crippen LogP contribution < -0.4 is 0 Å². The Balaban J connectivity index is 1.82. The van der Waals surface area contributed by atoms with Crippen LogP contribution in [-0.2, 0) is 35.1 Å². The van der Waals surface area contributed by atoms with E-state index in [4.69, 9.17) is 9.47 Å². The summed E-state index contributed by atoms with van der Waals surface area (Å²) < 4.78 is 30.8. The van der Waals surface area contributed by atoms with Crippen LogP contribution in [0.2, 0.25) is 0 Å². The molecule has 1 heterocycles. The number of carbonyl (C=O) groups excluding carboxylic acids is 4. The number of Topliss-reactive ketones (excluding diaryl/α,β-unsaturated/α-hetero) is 1. The van der Waals surface area contributed by atoms with E-state index in [-0.39, 0.29) is 35.5 Å². The molecule has 2 aromatic carbocycles. The van der Waals surface area contributed by atoms with Gasteiger partial charge in [0.05, 0.1) is 29.1 Å². The average Bonchev–Trinajstić information content (AvgIpc) is 2.92. The highest BCUT2D eigenvalue weighted by molar-refractivity contribution is 8.24. The molecule has 0 amide bonds. The van der Waals surface area contributed by atoms with Gasteiger partial charge in [0.15, 0.2) is 6.29 Å². The number of hydrogen-bond acceptors (Lipinski definition) is 11. The van der Waals surface area contributed by atoms with Gasteiger partial charge in [-0.2, -0.15) is 10.6 Å². The van der Waals surface area contributed by atoms with Crippen molar-refractivity contribution in [1.82, 2.24) is 0 Å². The van der Waals surface area contributed by atoms with E-state index < -0.39 is 50.8 Å². The van der Waals surface area contributed by atoms with E-state index in [9.17, 15) is 38.4 Å². The van der Waals surface area contributed by atoms with Crippen molar-refractivity contribution in [3.05, 3.63) is 81.0 Å². The number of nitrogens with zero attached hydrogens (tertiary/aromatic N) is 2. The van der Waals surface area contributed by atoms with Crippen LogP contribution in [0.1, 0.15) is 30.9 Å². The molecule has 3 rings (SSSR count). The number of benzene rings is 2. The highest BCUT2D eigenvalue weighted by atomic mass is 32.3. The van der Waals surface area contributed by atoms with Crippen molar-refractivity contribution < 1.29 is 42.7 Å². The fraction of sp³-hybridized carbons (Fsp3) is 0.296. The summed E-state index contributed by atoms with van der Waals surface area (Å²) in [5.41, 5.74) is 1.59. The minimum absolute atomic E-state index is 0.0317. The second-order valence-electron chi connectivity index (χ2n) is 9.01. The Morgan fingerprint density at radius 3 is 2.40 bits per heavy atom. The molecule has 0 fully saturated rings. The summed E-state index contributed by atoms with van der Waals surface area (Å²) in [6, 6.07) is 11.6. The van der Waals surface area contributed by atoms with Gasteiger partial charge in [-0.05, 0) is 37.1 Å². The van der Waals surface area contributed by atoms with E-state index in [1.54, 1.807) is 32.0 Å². The number of ether oxygens (including phenoxy) is 2. The first-order valence-corrected chi connectivity index (χ1v) is 13.7. The molecule has 12 nitrogen and oxygen atoms in total. The van der Waals surface area contributed by atoms with Gasteiger partial charge < -0.3 is 9.47 Å². The van der Waals surface area contributed by atoms with E-state index in [0.29, 0.717) is 22.5 Å². The Morgan fingerprint density at radius 2 is 1.80 bits per heavy atom. The van der Waals surface area contributed by atoms with Gasteiger partial charge >= 0.3 is 11.9 Å². The number of rotatable bonds is 11. The molecule has 0 saturated heterocycles. The molecule has 40 heavy (non-hydrogen) atoms. The molecule has 1 aliphatic heterocycles. The first-order valence-electron chi connectivity index (χ1n) is 12.0. The number of nitro benzene ring substituents is 1. The van der Waals surface area contributed by atoms with Crippen LogP contribution in [0.3, 0.4) is 0 Å². The lowest BCUT2D eigenvalue weighted by molar-refractivity contribution is -0.384. The molecule has 13 heteroatoms. The summed E-state index contributed by atoms with van der Waals surface area (Å²) in [4.78, 5) is 63.2. The maximum Gasteiger partial charge on any atom is 0.336 e. The molecule has 2 unspecified atom stereocenters. The fourth-order valence-electron chi connectivity index (χ4n) is 4.46. The van der Waals surface area contributed by atoms with Gasteiger partial charge in [0.25, 0.3) is 5.69 Å². The predicted molar refractivity (Wildman–Crippen MR) is 145 cm³/mol. The number of methoxy groups -OCH3 is 1. The Labute approximate surface area is 231 Å². The largest absolute Gasteiger partial charge is 0.468 e. The van der Waals surface area contributed by atoms with Crippen LogP contribution in [0.4, 0.5) is 5.69 Å². The van der Waals surface area contributed by atoms with E-state index >= 15 is 0 Å². The van der Waals surface area contributed by atoms with E-state index in [2.05, 4.69) is 4.99 Å². The van der Waals surface area contributed by atoms with Gasteiger partial charge in [0, 0.05) is 35.9 Å². The van der Waals surface area contributed by atoms with Gasteiger partial charge in [-0.1, -0.05) is 24.3 Å². The molecule has 0 saturated carbocycles. The Morgan fingerprint density at radius 1 is 1.12 bits per heavy atom. The molecule has 0 spiro atoms. The number of carbonyl (C=O) groups is 4. The number of nitro groups is 1. The molecule has 1 aliphatic rings. The SMILES string of the molecule is COC(=O)C1C(C)=NC(C)=C(C(=O)OCCc2ccc(S(O)(O)CC(=O)C=O)cc2)C1c1cccc([N+](=O)[O-])c1. The minimum Gasteiger partial charge on any atom is -0.468 e. The summed E-state index contributed by atoms with van der Waals surface area (Å²) in [6.45, 7) is 3.12. The fourth-order valence-corrected chi connectivity index (χ4v) is 5.66. The molecular weight excluding hydrogens is 544 g/mol. The number of allylic oxidation sites excluding steroid dienone is 1. The van der Waals surface area contributed by atoms with Gasteiger partial charge in [-0.15, -0.1) is 0 Å². The highest BCUT2D eigenvalue weighted by Gasteiger charge is 2.42. The Kier molecular flexibility index (Phi) is 9.69. The third-order valence-corrected chi connectivity index (χ3v) is 8.06. The van der Waals surface area contributed by atoms with Crippen LogP contribution in [0, 0.1) is 16.0 Å². The van der Waals surface area contributed by atoms with E-state index in [1.165, 1.54) is 37.4 Å². The molecule has 2 N–H and O–H groups in total. The zero-order chi connectivity index (χ0) is 29.6. The second-order valence-corrected chi connectivity index (χ2v) is 11.1. The van der Waals surface area contributed by atoms with E-state index in [1.807, 2.05) is 0 Å². The van der Waals surface area contributed by atoms with Crippen molar-refractivity contribution in [2.75, 3.05) is 19.5 Å². The van der Waals surface area contributed by atoms with Gasteiger partial charge in [0.1, 0.15) is 11.7 Å². The lowest BCUT2D eigenvalue weighted by Crippen LogP contribution is -2.36. The maximum absolute atomic E-state index is 13.3. The first kappa shape index (κ1) is 30.3. The number of ketones is 1. The maximum atomic E-state index is 13.3.